The van der Waals surface area contributed by atoms with E-state index in [1.54, 1.807) is 34.9 Å². The van der Waals surface area contributed by atoms with Crippen LogP contribution in [0.5, 0.6) is 0 Å². The normalized spacial score (nSPS) is 15.0. The fraction of sp³-hybridized carbons (Fsp3) is 0.0500. The van der Waals surface area contributed by atoms with E-state index in [1.807, 2.05) is 0 Å². The van der Waals surface area contributed by atoms with E-state index in [0.29, 0.717) is 11.3 Å². The van der Waals surface area contributed by atoms with Crippen molar-refractivity contribution >= 4 is 45.4 Å². The minimum absolute atomic E-state index is 0.0553. The fourth-order valence-corrected chi connectivity index (χ4v) is 5.19. The average Bonchev–Trinajstić information content (AvgIpc) is 3.22. The van der Waals surface area contributed by atoms with Gasteiger partial charge in [0.1, 0.15) is 10.7 Å². The minimum atomic E-state index is -3.97. The van der Waals surface area contributed by atoms with E-state index in [-0.39, 0.29) is 27.7 Å². The Bertz CT molecular complexity index is 1240. The van der Waals surface area contributed by atoms with Gasteiger partial charge in [-0.1, -0.05) is 29.8 Å². The second kappa shape index (κ2) is 8.66. The van der Waals surface area contributed by atoms with Gasteiger partial charge in [-0.2, -0.15) is 0 Å². The maximum atomic E-state index is 13.2. The molecule has 0 fully saturated rings. The summed E-state index contributed by atoms with van der Waals surface area (Å²) in [5, 5.41) is 2.87. The zero-order chi connectivity index (χ0) is 22.0. The van der Waals surface area contributed by atoms with Gasteiger partial charge in [0.15, 0.2) is 0 Å². The summed E-state index contributed by atoms with van der Waals surface area (Å²) in [6, 6.07) is 10.1. The van der Waals surface area contributed by atoms with Crippen LogP contribution in [0.4, 0.5) is 10.1 Å². The van der Waals surface area contributed by atoms with Gasteiger partial charge in [0, 0.05) is 24.0 Å². The average molecular weight is 479 g/mol. The lowest BCUT2D eigenvalue weighted by atomic mass is 10.1. The molecule has 7 nitrogen and oxygen atoms in total. The van der Waals surface area contributed by atoms with Crippen molar-refractivity contribution in [3.05, 3.63) is 99.6 Å². The van der Waals surface area contributed by atoms with Crippen LogP contribution in [0.25, 0.3) is 0 Å². The smallest absolute Gasteiger partial charge is 0.264 e. The Morgan fingerprint density at radius 3 is 2.84 bits per heavy atom. The number of carbonyl (C=O) groups excluding carboxylic acids is 1. The minimum Gasteiger partial charge on any atom is -0.348 e. The number of hydrogen-bond donors (Lipinski definition) is 3. The van der Waals surface area contributed by atoms with Crippen molar-refractivity contribution < 1.29 is 17.6 Å². The lowest BCUT2D eigenvalue weighted by molar-refractivity contribution is 0.0952. The van der Waals surface area contributed by atoms with Gasteiger partial charge in [-0.05, 0) is 42.0 Å². The molecule has 1 amide bonds. The molecule has 2 aliphatic heterocycles. The van der Waals surface area contributed by atoms with Crippen molar-refractivity contribution in [1.29, 1.82) is 0 Å². The summed E-state index contributed by atoms with van der Waals surface area (Å²) in [6.45, 7) is 0.0553. The van der Waals surface area contributed by atoms with E-state index in [0.717, 1.165) is 6.07 Å². The molecule has 0 unspecified atom stereocenters. The van der Waals surface area contributed by atoms with Crippen LogP contribution in [0.15, 0.2) is 77.6 Å². The number of fused-ring (bicyclic) bond motifs is 1. The third kappa shape index (κ3) is 4.55. The summed E-state index contributed by atoms with van der Waals surface area (Å²) in [5.41, 5.74) is 1.28. The highest BCUT2D eigenvalue weighted by Gasteiger charge is 2.30. The zero-order valence-corrected chi connectivity index (χ0v) is 18.2. The zero-order valence-electron chi connectivity index (χ0n) is 15.8. The van der Waals surface area contributed by atoms with Crippen molar-refractivity contribution in [3.8, 4) is 0 Å². The van der Waals surface area contributed by atoms with Gasteiger partial charge in [-0.3, -0.25) is 13.8 Å². The standard InChI is InChI=1S/C20H16ClFN4O3S2/c21-16-10-14(22)8-7-13(16)11-23-20(27)15-4-1-2-5-17(15)25-31(28,29)19-6-3-9-26-18(19)12-24-30-26/h1-10,12,24-25H,11H2,(H,23,27). The molecule has 0 spiro atoms. The molecule has 2 aromatic carbocycles. The summed E-state index contributed by atoms with van der Waals surface area (Å²) in [4.78, 5) is 12.8. The lowest BCUT2D eigenvalue weighted by Crippen LogP contribution is -2.26. The first-order chi connectivity index (χ1) is 14.8. The number of nitrogens with one attached hydrogen (secondary N) is 3. The number of carbonyl (C=O) groups is 1. The van der Waals surface area contributed by atoms with E-state index in [1.165, 1.54) is 42.5 Å². The first-order valence-corrected chi connectivity index (χ1v) is 11.6. The molecule has 4 rings (SSSR count). The molecule has 0 saturated heterocycles. The topological polar surface area (TPSA) is 90.5 Å². The van der Waals surface area contributed by atoms with E-state index in [2.05, 4.69) is 14.8 Å². The van der Waals surface area contributed by atoms with E-state index < -0.39 is 21.7 Å². The molecule has 160 valence electrons. The number of hydrogen-bond acceptors (Lipinski definition) is 6. The second-order valence-corrected chi connectivity index (χ2v) is 9.38. The number of anilines is 1. The molecule has 0 aromatic heterocycles. The number of sulfonamides is 1. The molecule has 3 N–H and O–H groups in total. The van der Waals surface area contributed by atoms with Gasteiger partial charge in [0.2, 0.25) is 0 Å². The van der Waals surface area contributed by atoms with Gasteiger partial charge >= 0.3 is 0 Å². The third-order valence-electron chi connectivity index (χ3n) is 4.47. The SMILES string of the molecule is O=C(NCc1ccc(F)cc1Cl)c1ccccc1NS(=O)(=O)C1=CC=CN2SNC=C12. The Labute approximate surface area is 188 Å². The number of halogens is 2. The molecule has 11 heteroatoms. The van der Waals surface area contributed by atoms with Gasteiger partial charge in [0.25, 0.3) is 15.9 Å². The molecule has 2 heterocycles. The van der Waals surface area contributed by atoms with Crippen molar-refractivity contribution in [3.63, 3.8) is 0 Å². The van der Waals surface area contributed by atoms with Crippen LogP contribution in [0.3, 0.4) is 0 Å². The summed E-state index contributed by atoms with van der Waals surface area (Å²) < 4.78 is 46.3. The predicted molar refractivity (Wildman–Crippen MR) is 119 cm³/mol. The first kappa shape index (κ1) is 21.3. The van der Waals surface area contributed by atoms with Gasteiger partial charge in [0.05, 0.1) is 29.1 Å². The van der Waals surface area contributed by atoms with Crippen LogP contribution in [0.2, 0.25) is 5.02 Å². The Morgan fingerprint density at radius 1 is 1.23 bits per heavy atom. The van der Waals surface area contributed by atoms with Crippen LogP contribution in [0, 0.1) is 5.82 Å². The molecule has 2 aromatic rings. The Morgan fingerprint density at radius 2 is 2.03 bits per heavy atom. The maximum Gasteiger partial charge on any atom is 0.264 e. The van der Waals surface area contributed by atoms with Crippen molar-refractivity contribution in [2.24, 2.45) is 0 Å². The summed E-state index contributed by atoms with van der Waals surface area (Å²) in [5.74, 6) is -0.980. The monoisotopic (exact) mass is 478 g/mol. The predicted octanol–water partition coefficient (Wildman–Crippen LogP) is 3.87. The Kier molecular flexibility index (Phi) is 5.94. The van der Waals surface area contributed by atoms with Crippen LogP contribution in [-0.4, -0.2) is 18.6 Å². The quantitative estimate of drug-likeness (QED) is 0.546. The number of para-hydroxylation sites is 1. The molecule has 0 atom stereocenters. The van der Waals surface area contributed by atoms with Crippen LogP contribution in [0.1, 0.15) is 15.9 Å². The number of benzene rings is 2. The molecule has 2 aliphatic rings. The van der Waals surface area contributed by atoms with Gasteiger partial charge in [-0.15, -0.1) is 0 Å². The molecular weight excluding hydrogens is 463 g/mol. The van der Waals surface area contributed by atoms with Crippen LogP contribution >= 0.6 is 23.7 Å². The van der Waals surface area contributed by atoms with E-state index >= 15 is 0 Å². The van der Waals surface area contributed by atoms with Crippen molar-refractivity contribution in [2.75, 3.05) is 4.72 Å². The number of allylic oxidation sites excluding steroid dienone is 2. The molecule has 0 aliphatic carbocycles. The molecule has 0 radical (unpaired) electrons. The highest BCUT2D eigenvalue weighted by molar-refractivity contribution is 7.97. The molecule has 31 heavy (non-hydrogen) atoms. The summed E-state index contributed by atoms with van der Waals surface area (Å²) in [7, 11) is -3.97. The van der Waals surface area contributed by atoms with Crippen molar-refractivity contribution in [2.45, 2.75) is 6.54 Å². The Hall–Kier alpha value is -2.95. The lowest BCUT2D eigenvalue weighted by Gasteiger charge is -2.21. The fourth-order valence-electron chi connectivity index (χ4n) is 2.97. The van der Waals surface area contributed by atoms with Gasteiger partial charge < -0.3 is 10.0 Å². The molecular formula is C20H16ClFN4O3S2. The maximum absolute atomic E-state index is 13.2. The van der Waals surface area contributed by atoms with Crippen molar-refractivity contribution in [1.82, 2.24) is 14.3 Å². The van der Waals surface area contributed by atoms with Gasteiger partial charge in [-0.25, -0.2) is 12.8 Å². The third-order valence-corrected chi connectivity index (χ3v) is 6.97. The molecule has 0 saturated carbocycles. The number of amides is 1. The number of nitrogens with zero attached hydrogens (tertiary/aromatic N) is 1. The first-order valence-electron chi connectivity index (χ1n) is 9.00. The van der Waals surface area contributed by atoms with E-state index in [9.17, 15) is 17.6 Å². The molecule has 0 bridgehead atoms. The Balaban J connectivity index is 1.54. The largest absolute Gasteiger partial charge is 0.348 e. The van der Waals surface area contributed by atoms with Crippen LogP contribution in [-0.2, 0) is 16.6 Å². The highest BCUT2D eigenvalue weighted by atomic mass is 35.5. The number of rotatable bonds is 6. The van der Waals surface area contributed by atoms with Crippen LogP contribution < -0.4 is 14.8 Å². The highest BCUT2D eigenvalue weighted by Crippen LogP contribution is 2.34. The van der Waals surface area contributed by atoms with E-state index in [4.69, 9.17) is 11.6 Å². The second-order valence-electron chi connectivity index (χ2n) is 6.51. The summed E-state index contributed by atoms with van der Waals surface area (Å²) in [6.07, 6.45) is 6.43. The summed E-state index contributed by atoms with van der Waals surface area (Å²) >= 11 is 7.24.